The molecule has 0 heterocycles. The molecule has 94 valence electrons. The van der Waals surface area contributed by atoms with Crippen molar-refractivity contribution in [2.75, 3.05) is 26.7 Å². The molecule has 4 heteroatoms. The number of methoxy groups -OCH3 is 1. The Balaban J connectivity index is 2.44. The summed E-state index contributed by atoms with van der Waals surface area (Å²) in [5.41, 5.74) is 1.19. The van der Waals surface area contributed by atoms with E-state index in [1.54, 1.807) is 7.11 Å². The van der Waals surface area contributed by atoms with Gasteiger partial charge in [0, 0.05) is 6.54 Å². The Bertz CT molecular complexity index is 348. The molecule has 0 aliphatic rings. The van der Waals surface area contributed by atoms with Gasteiger partial charge < -0.3 is 9.84 Å². The first-order valence-electron chi connectivity index (χ1n) is 5.72. The molecule has 17 heavy (non-hydrogen) atoms. The van der Waals surface area contributed by atoms with Gasteiger partial charge in [-0.15, -0.1) is 0 Å². The van der Waals surface area contributed by atoms with Gasteiger partial charge in [0.15, 0.2) is 0 Å². The highest BCUT2D eigenvalue weighted by atomic mass is 16.5. The fraction of sp³-hybridized carbons (Fsp3) is 0.462. The van der Waals surface area contributed by atoms with Gasteiger partial charge in [0.05, 0.1) is 13.7 Å². The molecule has 0 aromatic heterocycles. The Morgan fingerprint density at radius 1 is 1.35 bits per heavy atom. The second-order valence-corrected chi connectivity index (χ2v) is 3.86. The molecule has 4 nitrogen and oxygen atoms in total. The van der Waals surface area contributed by atoms with E-state index in [2.05, 4.69) is 0 Å². The molecule has 1 rings (SSSR count). The first-order valence-corrected chi connectivity index (χ1v) is 5.72. The standard InChI is InChI=1S/C13H19NO3/c1-3-14(10-13(15)16)9-8-11-4-6-12(17-2)7-5-11/h4-7H,3,8-10H2,1-2H3,(H,15,16). The second kappa shape index (κ2) is 6.91. The highest BCUT2D eigenvalue weighted by molar-refractivity contribution is 5.69. The quantitative estimate of drug-likeness (QED) is 0.783. The SMILES string of the molecule is CCN(CCc1ccc(OC)cc1)CC(=O)O. The van der Waals surface area contributed by atoms with Gasteiger partial charge in [0.25, 0.3) is 0 Å². The van der Waals surface area contributed by atoms with Crippen LogP contribution in [0.4, 0.5) is 0 Å². The average molecular weight is 237 g/mol. The predicted octanol–water partition coefficient (Wildman–Crippen LogP) is 1.64. The van der Waals surface area contributed by atoms with E-state index in [9.17, 15) is 4.79 Å². The maximum atomic E-state index is 10.6. The topological polar surface area (TPSA) is 49.8 Å². The van der Waals surface area contributed by atoms with Crippen molar-refractivity contribution in [3.8, 4) is 5.75 Å². The Morgan fingerprint density at radius 3 is 2.47 bits per heavy atom. The highest BCUT2D eigenvalue weighted by Gasteiger charge is 2.07. The van der Waals surface area contributed by atoms with Crippen LogP contribution in [0.5, 0.6) is 5.75 Å². The molecule has 0 saturated carbocycles. The zero-order chi connectivity index (χ0) is 12.7. The number of rotatable bonds is 7. The first-order chi connectivity index (χ1) is 8.15. The number of aliphatic carboxylic acids is 1. The van der Waals surface area contributed by atoms with Gasteiger partial charge >= 0.3 is 5.97 Å². The number of likely N-dealkylation sites (N-methyl/N-ethyl adjacent to an activating group) is 1. The summed E-state index contributed by atoms with van der Waals surface area (Å²) in [4.78, 5) is 12.5. The van der Waals surface area contributed by atoms with Crippen molar-refractivity contribution in [2.24, 2.45) is 0 Å². The van der Waals surface area contributed by atoms with Crippen LogP contribution in [0.1, 0.15) is 12.5 Å². The maximum Gasteiger partial charge on any atom is 0.317 e. The van der Waals surface area contributed by atoms with E-state index in [-0.39, 0.29) is 6.54 Å². The van der Waals surface area contributed by atoms with E-state index in [1.807, 2.05) is 36.1 Å². The van der Waals surface area contributed by atoms with E-state index in [1.165, 1.54) is 5.56 Å². The van der Waals surface area contributed by atoms with Gasteiger partial charge in [-0.1, -0.05) is 19.1 Å². The largest absolute Gasteiger partial charge is 0.497 e. The minimum Gasteiger partial charge on any atom is -0.497 e. The van der Waals surface area contributed by atoms with Crippen LogP contribution in [-0.4, -0.2) is 42.7 Å². The molecule has 0 fully saturated rings. The summed E-state index contributed by atoms with van der Waals surface area (Å²) in [6.45, 7) is 3.58. The summed E-state index contributed by atoms with van der Waals surface area (Å²) < 4.78 is 5.08. The van der Waals surface area contributed by atoms with Crippen molar-refractivity contribution in [3.63, 3.8) is 0 Å². The molecular formula is C13H19NO3. The minimum absolute atomic E-state index is 0.104. The molecular weight excluding hydrogens is 218 g/mol. The normalized spacial score (nSPS) is 10.5. The summed E-state index contributed by atoms with van der Waals surface area (Å²) in [5.74, 6) is 0.0632. The third kappa shape index (κ3) is 4.87. The molecule has 0 saturated heterocycles. The number of nitrogens with zero attached hydrogens (tertiary/aromatic N) is 1. The molecule has 0 amide bonds. The molecule has 0 bridgehead atoms. The number of carbonyl (C=O) groups is 1. The third-order valence-corrected chi connectivity index (χ3v) is 2.68. The number of hydrogen-bond donors (Lipinski definition) is 1. The van der Waals surface area contributed by atoms with Crippen LogP contribution >= 0.6 is 0 Å². The molecule has 1 aromatic rings. The molecule has 0 unspecified atom stereocenters. The number of carboxylic acids is 1. The summed E-state index contributed by atoms with van der Waals surface area (Å²) in [6.07, 6.45) is 0.852. The monoisotopic (exact) mass is 237 g/mol. The van der Waals surface area contributed by atoms with E-state index in [0.717, 1.165) is 25.3 Å². The van der Waals surface area contributed by atoms with Crippen molar-refractivity contribution in [3.05, 3.63) is 29.8 Å². The van der Waals surface area contributed by atoms with Crippen LogP contribution < -0.4 is 4.74 Å². The molecule has 0 spiro atoms. The zero-order valence-corrected chi connectivity index (χ0v) is 10.3. The summed E-state index contributed by atoms with van der Waals surface area (Å²) >= 11 is 0. The first kappa shape index (κ1) is 13.5. The Labute approximate surface area is 102 Å². The van der Waals surface area contributed by atoms with Gasteiger partial charge in [-0.3, -0.25) is 9.69 Å². The lowest BCUT2D eigenvalue weighted by Gasteiger charge is -2.17. The number of benzene rings is 1. The Kier molecular flexibility index (Phi) is 5.49. The lowest BCUT2D eigenvalue weighted by molar-refractivity contribution is -0.138. The van der Waals surface area contributed by atoms with E-state index < -0.39 is 5.97 Å². The maximum absolute atomic E-state index is 10.6. The van der Waals surface area contributed by atoms with Crippen molar-refractivity contribution in [1.82, 2.24) is 4.90 Å². The lowest BCUT2D eigenvalue weighted by Crippen LogP contribution is -2.31. The van der Waals surface area contributed by atoms with Crippen LogP contribution in [0.15, 0.2) is 24.3 Å². The number of ether oxygens (including phenoxy) is 1. The van der Waals surface area contributed by atoms with Crippen LogP contribution in [0.2, 0.25) is 0 Å². The van der Waals surface area contributed by atoms with Crippen LogP contribution in [0.25, 0.3) is 0 Å². The van der Waals surface area contributed by atoms with Gasteiger partial charge in [-0.05, 0) is 30.7 Å². The fourth-order valence-corrected chi connectivity index (χ4v) is 1.62. The van der Waals surface area contributed by atoms with Crippen LogP contribution in [-0.2, 0) is 11.2 Å². The Hall–Kier alpha value is -1.55. The molecule has 0 atom stereocenters. The summed E-state index contributed by atoms with van der Waals surface area (Å²) in [5, 5.41) is 8.72. The van der Waals surface area contributed by atoms with Crippen molar-refractivity contribution < 1.29 is 14.6 Å². The predicted molar refractivity (Wildman–Crippen MR) is 66.4 cm³/mol. The third-order valence-electron chi connectivity index (χ3n) is 2.68. The second-order valence-electron chi connectivity index (χ2n) is 3.86. The fourth-order valence-electron chi connectivity index (χ4n) is 1.62. The van der Waals surface area contributed by atoms with Gasteiger partial charge in [0.1, 0.15) is 5.75 Å². The van der Waals surface area contributed by atoms with Crippen LogP contribution in [0.3, 0.4) is 0 Å². The highest BCUT2D eigenvalue weighted by Crippen LogP contribution is 2.11. The molecule has 0 aliphatic carbocycles. The smallest absolute Gasteiger partial charge is 0.317 e. The minimum atomic E-state index is -0.776. The van der Waals surface area contributed by atoms with Crippen molar-refractivity contribution in [2.45, 2.75) is 13.3 Å². The van der Waals surface area contributed by atoms with E-state index in [4.69, 9.17) is 9.84 Å². The summed E-state index contributed by atoms with van der Waals surface area (Å²) in [6, 6.07) is 7.85. The van der Waals surface area contributed by atoms with Gasteiger partial charge in [0.2, 0.25) is 0 Å². The summed E-state index contributed by atoms with van der Waals surface area (Å²) in [7, 11) is 1.64. The van der Waals surface area contributed by atoms with Gasteiger partial charge in [-0.25, -0.2) is 0 Å². The molecule has 0 aliphatic heterocycles. The van der Waals surface area contributed by atoms with Gasteiger partial charge in [-0.2, -0.15) is 0 Å². The van der Waals surface area contributed by atoms with E-state index >= 15 is 0 Å². The van der Waals surface area contributed by atoms with Crippen LogP contribution in [0, 0.1) is 0 Å². The average Bonchev–Trinajstić information content (AvgIpc) is 2.34. The molecule has 1 aromatic carbocycles. The number of hydrogen-bond acceptors (Lipinski definition) is 3. The molecule has 0 radical (unpaired) electrons. The van der Waals surface area contributed by atoms with E-state index in [0.29, 0.717) is 0 Å². The number of carboxylic acid groups (broad SMARTS) is 1. The molecule has 1 N–H and O–H groups in total. The lowest BCUT2D eigenvalue weighted by atomic mass is 10.1. The van der Waals surface area contributed by atoms with Crippen molar-refractivity contribution in [1.29, 1.82) is 0 Å². The Morgan fingerprint density at radius 2 is 2.00 bits per heavy atom. The van der Waals surface area contributed by atoms with Crippen molar-refractivity contribution >= 4 is 5.97 Å². The zero-order valence-electron chi connectivity index (χ0n) is 10.3.